The molecule has 0 radical (unpaired) electrons. The lowest BCUT2D eigenvalue weighted by atomic mass is 10.1. The maximum atomic E-state index is 12.6. The van der Waals surface area contributed by atoms with Crippen LogP contribution in [0.4, 0.5) is 25.1 Å². The van der Waals surface area contributed by atoms with Crippen LogP contribution in [0.3, 0.4) is 0 Å². The minimum atomic E-state index is -4.54. The van der Waals surface area contributed by atoms with Crippen molar-refractivity contribution in [2.24, 2.45) is 10.2 Å². The van der Waals surface area contributed by atoms with Crippen LogP contribution in [0.5, 0.6) is 0 Å². The fourth-order valence-corrected chi connectivity index (χ4v) is 2.07. The number of benzene rings is 1. The van der Waals surface area contributed by atoms with E-state index in [0.29, 0.717) is 12.5 Å². The number of hydrogen-bond acceptors (Lipinski definition) is 7. The lowest BCUT2D eigenvalue weighted by molar-refractivity contribution is -0.141. The molecule has 138 valence electrons. The van der Waals surface area contributed by atoms with Crippen LogP contribution in [-0.4, -0.2) is 19.9 Å². The lowest BCUT2D eigenvalue weighted by Crippen LogP contribution is -2.07. The average molecular weight is 373 g/mol. The first-order chi connectivity index (χ1) is 13.0. The van der Waals surface area contributed by atoms with E-state index in [4.69, 9.17) is 0 Å². The minimum absolute atomic E-state index is 0.203. The second kappa shape index (κ2) is 8.30. The first-order valence-corrected chi connectivity index (χ1v) is 7.87. The van der Waals surface area contributed by atoms with Gasteiger partial charge in [-0.05, 0) is 23.3 Å². The topological polar surface area (TPSA) is 88.3 Å². The van der Waals surface area contributed by atoms with E-state index in [1.165, 1.54) is 0 Å². The molecule has 0 aliphatic heterocycles. The lowest BCUT2D eigenvalue weighted by Gasteiger charge is -2.05. The molecular weight excluding hydrogens is 359 g/mol. The Morgan fingerprint density at radius 1 is 0.889 bits per heavy atom. The summed E-state index contributed by atoms with van der Waals surface area (Å²) in [6.07, 6.45) is -0.237. The summed E-state index contributed by atoms with van der Waals surface area (Å²) in [6.45, 7) is 0.763. The van der Waals surface area contributed by atoms with E-state index in [0.717, 1.165) is 23.4 Å². The Bertz CT molecular complexity index is 896. The Morgan fingerprint density at radius 3 is 2.30 bits per heavy atom. The molecule has 3 aromatic rings. The SMILES string of the molecule is FC(F)(F)c1ccnc(N=NCc2ccc(CNc3ncccn3)cc2)n1. The van der Waals surface area contributed by atoms with Gasteiger partial charge in [0.25, 0.3) is 5.95 Å². The van der Waals surface area contributed by atoms with Crippen LogP contribution in [0.15, 0.2) is 65.2 Å². The predicted octanol–water partition coefficient (Wildman–Crippen LogP) is 4.18. The number of azo groups is 1. The van der Waals surface area contributed by atoms with Crippen molar-refractivity contribution < 1.29 is 13.2 Å². The first-order valence-electron chi connectivity index (χ1n) is 7.87. The summed E-state index contributed by atoms with van der Waals surface area (Å²) in [4.78, 5) is 15.1. The normalized spacial score (nSPS) is 11.7. The third kappa shape index (κ3) is 5.53. The quantitative estimate of drug-likeness (QED) is 0.655. The van der Waals surface area contributed by atoms with Crippen LogP contribution in [0.2, 0.25) is 0 Å². The number of halogens is 3. The van der Waals surface area contributed by atoms with Crippen LogP contribution in [0.25, 0.3) is 0 Å². The predicted molar refractivity (Wildman–Crippen MR) is 91.1 cm³/mol. The van der Waals surface area contributed by atoms with Gasteiger partial charge >= 0.3 is 6.18 Å². The van der Waals surface area contributed by atoms with Gasteiger partial charge in [-0.2, -0.15) is 18.3 Å². The first kappa shape index (κ1) is 18.4. The van der Waals surface area contributed by atoms with Crippen molar-refractivity contribution in [3.63, 3.8) is 0 Å². The number of aromatic nitrogens is 4. The second-order valence-corrected chi connectivity index (χ2v) is 5.38. The van der Waals surface area contributed by atoms with Crippen molar-refractivity contribution in [3.05, 3.63) is 71.8 Å². The van der Waals surface area contributed by atoms with Crippen molar-refractivity contribution in [3.8, 4) is 0 Å². The molecule has 27 heavy (non-hydrogen) atoms. The highest BCUT2D eigenvalue weighted by Crippen LogP contribution is 2.27. The smallest absolute Gasteiger partial charge is 0.350 e. The fourth-order valence-electron chi connectivity index (χ4n) is 2.07. The van der Waals surface area contributed by atoms with E-state index in [9.17, 15) is 13.2 Å². The Kier molecular flexibility index (Phi) is 5.64. The Morgan fingerprint density at radius 2 is 1.59 bits per heavy atom. The molecule has 0 amide bonds. The summed E-state index contributed by atoms with van der Waals surface area (Å²) in [6, 6.07) is 10.0. The van der Waals surface area contributed by atoms with Crippen molar-refractivity contribution in [2.45, 2.75) is 19.3 Å². The molecule has 0 fully saturated rings. The van der Waals surface area contributed by atoms with Gasteiger partial charge in [-0.1, -0.05) is 24.3 Å². The zero-order valence-corrected chi connectivity index (χ0v) is 13.9. The van der Waals surface area contributed by atoms with Gasteiger partial charge in [0.15, 0.2) is 0 Å². The van der Waals surface area contributed by atoms with E-state index < -0.39 is 11.9 Å². The standard InChI is InChI=1S/C17H14F3N7/c18-17(19,20)14-6-9-23-16(26-14)27-25-11-13-4-2-12(3-5-13)10-24-15-21-7-1-8-22-15/h1-9H,10-11H2,(H,21,22,24). The highest BCUT2D eigenvalue weighted by atomic mass is 19.4. The van der Waals surface area contributed by atoms with Crippen LogP contribution >= 0.6 is 0 Å². The molecule has 0 aliphatic rings. The van der Waals surface area contributed by atoms with E-state index in [2.05, 4.69) is 35.5 Å². The largest absolute Gasteiger partial charge is 0.433 e. The molecular formula is C17H14F3N7. The number of nitrogens with zero attached hydrogens (tertiary/aromatic N) is 6. The summed E-state index contributed by atoms with van der Waals surface area (Å²) in [7, 11) is 0. The minimum Gasteiger partial charge on any atom is -0.350 e. The van der Waals surface area contributed by atoms with Gasteiger partial charge in [-0.25, -0.2) is 19.9 Å². The monoisotopic (exact) mass is 373 g/mol. The zero-order valence-electron chi connectivity index (χ0n) is 13.9. The third-order valence-corrected chi connectivity index (χ3v) is 3.39. The van der Waals surface area contributed by atoms with Crippen molar-refractivity contribution in [1.82, 2.24) is 19.9 Å². The van der Waals surface area contributed by atoms with Crippen LogP contribution in [-0.2, 0) is 19.3 Å². The van der Waals surface area contributed by atoms with E-state index in [1.807, 2.05) is 24.3 Å². The molecule has 10 heteroatoms. The highest BCUT2D eigenvalue weighted by molar-refractivity contribution is 5.28. The van der Waals surface area contributed by atoms with Crippen LogP contribution < -0.4 is 5.32 Å². The van der Waals surface area contributed by atoms with Gasteiger partial charge in [0.2, 0.25) is 5.95 Å². The summed E-state index contributed by atoms with van der Waals surface area (Å²) >= 11 is 0. The van der Waals surface area contributed by atoms with Crippen LogP contribution in [0.1, 0.15) is 16.8 Å². The Balaban J connectivity index is 1.55. The molecule has 0 unspecified atom stereocenters. The molecule has 1 N–H and O–H groups in total. The molecule has 0 bridgehead atoms. The molecule has 0 spiro atoms. The van der Waals surface area contributed by atoms with Gasteiger partial charge in [-0.15, -0.1) is 5.11 Å². The number of anilines is 1. The Hall–Kier alpha value is -3.43. The molecule has 0 atom stereocenters. The second-order valence-electron chi connectivity index (χ2n) is 5.38. The molecule has 2 aromatic heterocycles. The average Bonchev–Trinajstić information content (AvgIpc) is 2.68. The van der Waals surface area contributed by atoms with E-state index in [-0.39, 0.29) is 12.5 Å². The zero-order chi connectivity index (χ0) is 19.1. The third-order valence-electron chi connectivity index (χ3n) is 3.39. The maximum Gasteiger partial charge on any atom is 0.433 e. The molecule has 0 saturated carbocycles. The van der Waals surface area contributed by atoms with E-state index >= 15 is 0 Å². The summed E-state index contributed by atoms with van der Waals surface area (Å²) in [5.74, 6) is 0.213. The molecule has 0 aliphatic carbocycles. The van der Waals surface area contributed by atoms with Gasteiger partial charge in [0, 0.05) is 25.1 Å². The number of nitrogens with one attached hydrogen (secondary N) is 1. The molecule has 2 heterocycles. The van der Waals surface area contributed by atoms with Crippen molar-refractivity contribution in [1.29, 1.82) is 0 Å². The van der Waals surface area contributed by atoms with Gasteiger partial charge in [0.1, 0.15) is 5.69 Å². The molecule has 1 aromatic carbocycles. The number of alkyl halides is 3. The van der Waals surface area contributed by atoms with Gasteiger partial charge < -0.3 is 5.32 Å². The highest BCUT2D eigenvalue weighted by Gasteiger charge is 2.32. The number of hydrogen-bond donors (Lipinski definition) is 1. The maximum absolute atomic E-state index is 12.6. The molecule has 0 saturated heterocycles. The number of rotatable bonds is 6. The van der Waals surface area contributed by atoms with Gasteiger partial charge in [-0.3, -0.25) is 0 Å². The van der Waals surface area contributed by atoms with Crippen molar-refractivity contribution in [2.75, 3.05) is 5.32 Å². The van der Waals surface area contributed by atoms with Crippen molar-refractivity contribution >= 4 is 11.9 Å². The van der Waals surface area contributed by atoms with Crippen LogP contribution in [0, 0.1) is 0 Å². The Labute approximate surface area is 152 Å². The molecule has 3 rings (SSSR count). The molecule has 7 nitrogen and oxygen atoms in total. The fraction of sp³-hybridized carbons (Fsp3) is 0.176. The summed E-state index contributed by atoms with van der Waals surface area (Å²) < 4.78 is 37.8. The summed E-state index contributed by atoms with van der Waals surface area (Å²) in [5.41, 5.74) is 0.820. The van der Waals surface area contributed by atoms with Gasteiger partial charge in [0.05, 0.1) is 6.54 Å². The van der Waals surface area contributed by atoms with E-state index in [1.54, 1.807) is 18.5 Å². The summed E-state index contributed by atoms with van der Waals surface area (Å²) in [5, 5.41) is 10.6.